The number of rotatable bonds is 6. The number of hydrogen-bond donors (Lipinski definition) is 1. The van der Waals surface area contributed by atoms with Gasteiger partial charge in [-0.1, -0.05) is 0 Å². The lowest BCUT2D eigenvalue weighted by Gasteiger charge is -2.34. The normalized spacial score (nSPS) is 18.1. The topological polar surface area (TPSA) is 48.1 Å². The number of halogens is 1. The van der Waals surface area contributed by atoms with Gasteiger partial charge in [-0.3, -0.25) is 4.99 Å². The summed E-state index contributed by atoms with van der Waals surface area (Å²) in [4.78, 5) is 11.4. The van der Waals surface area contributed by atoms with Crippen LogP contribution < -0.4 is 5.73 Å². The van der Waals surface area contributed by atoms with Crippen LogP contribution in [0.2, 0.25) is 0 Å². The highest BCUT2D eigenvalue weighted by atomic mass is 127. The number of aliphatic imine (C=N–C) groups is 1. The molecule has 20 heavy (non-hydrogen) atoms. The molecule has 6 heteroatoms. The third-order valence-corrected chi connectivity index (χ3v) is 4.06. The molecule has 0 aromatic carbocycles. The third-order valence-electron chi connectivity index (χ3n) is 4.06. The van der Waals surface area contributed by atoms with E-state index in [1.165, 1.54) is 25.9 Å². The van der Waals surface area contributed by atoms with E-state index in [-0.39, 0.29) is 24.0 Å². The molecule has 0 bridgehead atoms. The van der Waals surface area contributed by atoms with Crippen molar-refractivity contribution in [3.05, 3.63) is 0 Å². The molecule has 0 spiro atoms. The lowest BCUT2D eigenvalue weighted by atomic mass is 10.0. The fourth-order valence-electron chi connectivity index (χ4n) is 2.61. The molecule has 1 aliphatic heterocycles. The summed E-state index contributed by atoms with van der Waals surface area (Å²) in [5, 5.41) is 0. The molecule has 1 aliphatic rings. The van der Waals surface area contributed by atoms with Crippen molar-refractivity contribution in [3.63, 3.8) is 0 Å². The van der Waals surface area contributed by atoms with Crippen LogP contribution in [0.4, 0.5) is 0 Å². The van der Waals surface area contributed by atoms with Gasteiger partial charge < -0.3 is 20.4 Å². The van der Waals surface area contributed by atoms with Crippen molar-refractivity contribution < 1.29 is 0 Å². The van der Waals surface area contributed by atoms with Crippen LogP contribution in [0, 0.1) is 0 Å². The van der Waals surface area contributed by atoms with Gasteiger partial charge in [-0.25, -0.2) is 0 Å². The molecule has 1 fully saturated rings. The van der Waals surface area contributed by atoms with Crippen LogP contribution in [0.5, 0.6) is 0 Å². The summed E-state index contributed by atoms with van der Waals surface area (Å²) in [6.45, 7) is 10.3. The van der Waals surface area contributed by atoms with Crippen molar-refractivity contribution in [2.45, 2.75) is 32.7 Å². The number of hydrogen-bond acceptors (Lipinski definition) is 3. The Morgan fingerprint density at radius 1 is 1.20 bits per heavy atom. The largest absolute Gasteiger partial charge is 0.370 e. The Labute approximate surface area is 141 Å². The average Bonchev–Trinajstić information content (AvgIpc) is 2.40. The SMILES string of the molecule is CCN(CC)C(N)=NCCN1CCC(N(C)C)CC1.I. The Kier molecular flexibility index (Phi) is 10.6. The van der Waals surface area contributed by atoms with Crippen LogP contribution >= 0.6 is 24.0 Å². The van der Waals surface area contributed by atoms with E-state index in [0.29, 0.717) is 5.96 Å². The average molecular weight is 397 g/mol. The predicted molar refractivity (Wildman–Crippen MR) is 98.0 cm³/mol. The number of likely N-dealkylation sites (tertiary alicyclic amines) is 1. The van der Waals surface area contributed by atoms with E-state index in [2.05, 4.69) is 47.6 Å². The fraction of sp³-hybridized carbons (Fsp3) is 0.929. The van der Waals surface area contributed by atoms with Crippen molar-refractivity contribution in [1.82, 2.24) is 14.7 Å². The third kappa shape index (κ3) is 6.58. The van der Waals surface area contributed by atoms with Gasteiger partial charge in [0.25, 0.3) is 0 Å². The molecule has 5 nitrogen and oxygen atoms in total. The predicted octanol–water partition coefficient (Wildman–Crippen LogP) is 1.29. The van der Waals surface area contributed by atoms with Gasteiger partial charge in [0, 0.05) is 25.7 Å². The van der Waals surface area contributed by atoms with Crippen LogP contribution in [0.1, 0.15) is 26.7 Å². The van der Waals surface area contributed by atoms with Crippen LogP contribution in [-0.4, -0.2) is 80.1 Å². The minimum Gasteiger partial charge on any atom is -0.370 e. The van der Waals surface area contributed by atoms with Crippen molar-refractivity contribution in [3.8, 4) is 0 Å². The second-order valence-corrected chi connectivity index (χ2v) is 5.45. The first kappa shape index (κ1) is 19.9. The smallest absolute Gasteiger partial charge is 0.191 e. The van der Waals surface area contributed by atoms with Crippen molar-refractivity contribution in [1.29, 1.82) is 0 Å². The quantitative estimate of drug-likeness (QED) is 0.417. The summed E-state index contributed by atoms with van der Waals surface area (Å²) in [7, 11) is 4.35. The summed E-state index contributed by atoms with van der Waals surface area (Å²) in [6.07, 6.45) is 2.53. The van der Waals surface area contributed by atoms with E-state index in [1.807, 2.05) is 0 Å². The van der Waals surface area contributed by atoms with Crippen molar-refractivity contribution in [2.75, 3.05) is 53.4 Å². The van der Waals surface area contributed by atoms with Gasteiger partial charge in [-0.15, -0.1) is 24.0 Å². The Bertz CT molecular complexity index is 271. The molecule has 0 saturated carbocycles. The van der Waals surface area contributed by atoms with Crippen molar-refractivity contribution in [2.24, 2.45) is 10.7 Å². The van der Waals surface area contributed by atoms with Gasteiger partial charge in [-0.2, -0.15) is 0 Å². The lowest BCUT2D eigenvalue weighted by Crippen LogP contribution is -2.43. The molecule has 0 atom stereocenters. The highest BCUT2D eigenvalue weighted by molar-refractivity contribution is 14.0. The standard InChI is InChI=1S/C14H31N5.HI/c1-5-19(6-2)14(15)16-9-12-18-10-7-13(8-11-18)17(3)4;/h13H,5-12H2,1-4H3,(H2,15,16);1H. The molecule has 0 aliphatic carbocycles. The van der Waals surface area contributed by atoms with Gasteiger partial charge in [-0.05, 0) is 53.9 Å². The maximum Gasteiger partial charge on any atom is 0.191 e. The number of piperidine rings is 1. The van der Waals surface area contributed by atoms with Gasteiger partial charge in [0.2, 0.25) is 0 Å². The summed E-state index contributed by atoms with van der Waals surface area (Å²) >= 11 is 0. The summed E-state index contributed by atoms with van der Waals surface area (Å²) in [6, 6.07) is 0.750. The fourth-order valence-corrected chi connectivity index (χ4v) is 2.61. The molecule has 0 amide bonds. The maximum absolute atomic E-state index is 5.97. The highest BCUT2D eigenvalue weighted by Gasteiger charge is 2.19. The zero-order valence-corrected chi connectivity index (χ0v) is 15.8. The zero-order valence-electron chi connectivity index (χ0n) is 13.5. The van der Waals surface area contributed by atoms with Crippen LogP contribution in [-0.2, 0) is 0 Å². The maximum atomic E-state index is 5.97. The van der Waals surface area contributed by atoms with E-state index >= 15 is 0 Å². The number of nitrogens with two attached hydrogens (primary N) is 1. The monoisotopic (exact) mass is 397 g/mol. The van der Waals surface area contributed by atoms with Crippen LogP contribution in [0.3, 0.4) is 0 Å². The second-order valence-electron chi connectivity index (χ2n) is 5.45. The Morgan fingerprint density at radius 2 is 1.75 bits per heavy atom. The molecule has 0 unspecified atom stereocenters. The zero-order chi connectivity index (χ0) is 14.3. The summed E-state index contributed by atoms with van der Waals surface area (Å²) < 4.78 is 0. The van der Waals surface area contributed by atoms with Crippen LogP contribution in [0.25, 0.3) is 0 Å². The van der Waals surface area contributed by atoms with E-state index in [4.69, 9.17) is 5.73 Å². The summed E-state index contributed by atoms with van der Waals surface area (Å²) in [5.74, 6) is 0.688. The first-order chi connectivity index (χ1) is 9.08. The Morgan fingerprint density at radius 3 is 2.20 bits per heavy atom. The molecule has 1 heterocycles. The van der Waals surface area contributed by atoms with Gasteiger partial charge in [0.15, 0.2) is 5.96 Å². The van der Waals surface area contributed by atoms with E-state index in [0.717, 1.165) is 32.2 Å². The highest BCUT2D eigenvalue weighted by Crippen LogP contribution is 2.13. The second kappa shape index (κ2) is 10.6. The molecule has 0 aromatic rings. The summed E-state index contributed by atoms with van der Waals surface area (Å²) in [5.41, 5.74) is 5.97. The molecule has 0 radical (unpaired) electrons. The number of guanidine groups is 1. The minimum atomic E-state index is 0. The first-order valence-corrected chi connectivity index (χ1v) is 7.52. The minimum absolute atomic E-state index is 0. The molecule has 1 saturated heterocycles. The molecule has 120 valence electrons. The molecular formula is C14H32IN5. The molecule has 2 N–H and O–H groups in total. The van der Waals surface area contributed by atoms with Crippen molar-refractivity contribution >= 4 is 29.9 Å². The van der Waals surface area contributed by atoms with E-state index in [1.54, 1.807) is 0 Å². The lowest BCUT2D eigenvalue weighted by molar-refractivity contribution is 0.148. The number of nitrogens with zero attached hydrogens (tertiary/aromatic N) is 4. The molecular weight excluding hydrogens is 365 g/mol. The first-order valence-electron chi connectivity index (χ1n) is 7.52. The van der Waals surface area contributed by atoms with E-state index < -0.39 is 0 Å². The van der Waals surface area contributed by atoms with Crippen LogP contribution in [0.15, 0.2) is 4.99 Å². The molecule has 0 aromatic heterocycles. The van der Waals surface area contributed by atoms with Gasteiger partial charge >= 0.3 is 0 Å². The Hall–Kier alpha value is -0.0800. The van der Waals surface area contributed by atoms with E-state index in [9.17, 15) is 0 Å². The Balaban J connectivity index is 0.00000361. The van der Waals surface area contributed by atoms with Gasteiger partial charge in [0.1, 0.15) is 0 Å². The van der Waals surface area contributed by atoms with Gasteiger partial charge in [0.05, 0.1) is 6.54 Å². The molecule has 1 rings (SSSR count).